The summed E-state index contributed by atoms with van der Waals surface area (Å²) in [5.41, 5.74) is 15.7. The zero-order chi connectivity index (χ0) is 19.3. The number of pyridine rings is 1. The molecule has 2 aromatic carbocycles. The summed E-state index contributed by atoms with van der Waals surface area (Å²) in [5, 5.41) is 4.24. The molecule has 0 spiro atoms. The van der Waals surface area contributed by atoms with Crippen molar-refractivity contribution in [1.82, 2.24) is 4.98 Å². The van der Waals surface area contributed by atoms with Gasteiger partial charge in [-0.05, 0) is 35.4 Å². The third-order valence-corrected chi connectivity index (χ3v) is 4.61. The molecule has 0 radical (unpaired) electrons. The number of rotatable bonds is 6. The predicted octanol–water partition coefficient (Wildman–Crippen LogP) is 3.89. The lowest BCUT2D eigenvalue weighted by Gasteiger charge is -2.11. The topological polar surface area (TPSA) is 95.8 Å². The van der Waals surface area contributed by atoms with Crippen LogP contribution in [0, 0.1) is 0 Å². The number of benzene rings is 2. The Hall–Kier alpha value is -3.54. The van der Waals surface area contributed by atoms with E-state index in [1.165, 1.54) is 0 Å². The van der Waals surface area contributed by atoms with E-state index in [1.807, 2.05) is 54.6 Å². The normalized spacial score (nSPS) is 15.7. The van der Waals surface area contributed by atoms with E-state index in [4.69, 9.17) is 21.0 Å². The fourth-order valence-corrected chi connectivity index (χ4v) is 3.19. The van der Waals surface area contributed by atoms with Gasteiger partial charge in [-0.25, -0.2) is 4.98 Å². The molecule has 0 amide bonds. The highest BCUT2D eigenvalue weighted by molar-refractivity contribution is 5.87. The fraction of sp³-hybridized carbons (Fsp3) is 0.182. The van der Waals surface area contributed by atoms with E-state index >= 15 is 0 Å². The lowest BCUT2D eigenvalue weighted by Crippen LogP contribution is -2.07. The number of nitrogen functional groups attached to an aromatic ring is 2. The maximum Gasteiger partial charge on any atom is 0.161 e. The van der Waals surface area contributed by atoms with Crippen LogP contribution in [-0.4, -0.2) is 10.7 Å². The predicted molar refractivity (Wildman–Crippen MR) is 110 cm³/mol. The van der Waals surface area contributed by atoms with E-state index in [9.17, 15) is 0 Å². The van der Waals surface area contributed by atoms with Crippen LogP contribution in [0.4, 0.5) is 11.6 Å². The minimum atomic E-state index is -0.222. The number of oxime groups is 1. The monoisotopic (exact) mass is 374 g/mol. The van der Waals surface area contributed by atoms with Gasteiger partial charge in [0.25, 0.3) is 0 Å². The van der Waals surface area contributed by atoms with Crippen LogP contribution in [0.1, 0.15) is 29.2 Å². The van der Waals surface area contributed by atoms with Crippen molar-refractivity contribution >= 4 is 17.3 Å². The molecule has 0 saturated heterocycles. The number of anilines is 2. The minimum Gasteiger partial charge on any atom is -0.489 e. The van der Waals surface area contributed by atoms with Gasteiger partial charge in [-0.3, -0.25) is 0 Å². The van der Waals surface area contributed by atoms with E-state index < -0.39 is 0 Å². The van der Waals surface area contributed by atoms with Gasteiger partial charge >= 0.3 is 0 Å². The van der Waals surface area contributed by atoms with Gasteiger partial charge in [0, 0.05) is 18.4 Å². The summed E-state index contributed by atoms with van der Waals surface area (Å²) in [5.74, 6) is 1.62. The second kappa shape index (κ2) is 8.00. The van der Waals surface area contributed by atoms with E-state index in [-0.39, 0.29) is 6.10 Å². The van der Waals surface area contributed by atoms with Gasteiger partial charge < -0.3 is 21.0 Å². The van der Waals surface area contributed by atoms with Crippen LogP contribution in [-0.2, 0) is 17.9 Å². The molecule has 1 unspecified atom stereocenters. The van der Waals surface area contributed by atoms with Gasteiger partial charge in [-0.15, -0.1) is 0 Å². The van der Waals surface area contributed by atoms with Gasteiger partial charge in [0.15, 0.2) is 6.10 Å². The van der Waals surface area contributed by atoms with Crippen molar-refractivity contribution in [3.8, 4) is 5.75 Å². The van der Waals surface area contributed by atoms with Gasteiger partial charge in [0.05, 0.1) is 5.71 Å². The van der Waals surface area contributed by atoms with Gasteiger partial charge in [-0.2, -0.15) is 0 Å². The van der Waals surface area contributed by atoms with Crippen LogP contribution < -0.4 is 16.2 Å². The Labute approximate surface area is 163 Å². The Morgan fingerprint density at radius 3 is 2.61 bits per heavy atom. The third kappa shape index (κ3) is 4.23. The average molecular weight is 374 g/mol. The lowest BCUT2D eigenvalue weighted by atomic mass is 10.0. The molecule has 6 heteroatoms. The Morgan fingerprint density at radius 1 is 0.964 bits per heavy atom. The summed E-state index contributed by atoms with van der Waals surface area (Å²) in [4.78, 5) is 9.67. The molecule has 0 fully saturated rings. The van der Waals surface area contributed by atoms with Crippen molar-refractivity contribution in [2.45, 2.75) is 25.6 Å². The first-order valence-corrected chi connectivity index (χ1v) is 9.16. The number of nitrogens with two attached hydrogens (primary N) is 2. The first-order valence-electron chi connectivity index (χ1n) is 9.16. The highest BCUT2D eigenvalue weighted by Gasteiger charge is 2.25. The molecule has 0 aliphatic carbocycles. The summed E-state index contributed by atoms with van der Waals surface area (Å²) >= 11 is 0. The molecule has 1 aliphatic rings. The number of hydrogen-bond donors (Lipinski definition) is 2. The highest BCUT2D eigenvalue weighted by atomic mass is 16.6. The number of nitrogens with zero attached hydrogens (tertiary/aromatic N) is 2. The molecule has 1 atom stereocenters. The molecule has 6 nitrogen and oxygen atoms in total. The van der Waals surface area contributed by atoms with E-state index in [1.54, 1.807) is 6.07 Å². The van der Waals surface area contributed by atoms with Gasteiger partial charge in [0.2, 0.25) is 0 Å². The summed E-state index contributed by atoms with van der Waals surface area (Å²) in [6.45, 7) is 0.542. The molecular formula is C22H22N4O2. The largest absolute Gasteiger partial charge is 0.489 e. The maximum absolute atomic E-state index is 5.96. The first kappa shape index (κ1) is 17.9. The summed E-state index contributed by atoms with van der Waals surface area (Å²) < 4.78 is 5.91. The molecule has 4 rings (SSSR count). The van der Waals surface area contributed by atoms with Crippen molar-refractivity contribution in [3.63, 3.8) is 0 Å². The zero-order valence-corrected chi connectivity index (χ0v) is 15.4. The SMILES string of the molecule is Nc1ccc(C2CC(Cc3cccc(OCc4ccccc4)c3)=NO2)c(N)n1. The fourth-order valence-electron chi connectivity index (χ4n) is 3.19. The average Bonchev–Trinajstić information content (AvgIpc) is 3.15. The third-order valence-electron chi connectivity index (χ3n) is 4.61. The smallest absolute Gasteiger partial charge is 0.161 e. The minimum absolute atomic E-state index is 0.222. The van der Waals surface area contributed by atoms with E-state index in [0.717, 1.165) is 28.2 Å². The number of hydrogen-bond acceptors (Lipinski definition) is 6. The molecule has 142 valence electrons. The zero-order valence-electron chi connectivity index (χ0n) is 15.4. The maximum atomic E-state index is 5.96. The molecule has 0 bridgehead atoms. The quantitative estimate of drug-likeness (QED) is 0.682. The van der Waals surface area contributed by atoms with Crippen LogP contribution in [0.5, 0.6) is 5.75 Å². The van der Waals surface area contributed by atoms with Crippen LogP contribution in [0.15, 0.2) is 71.9 Å². The standard InChI is InChI=1S/C22H22N4O2/c23-21-10-9-19(22(24)25-21)20-13-17(26-28-20)11-16-7-4-8-18(12-16)27-14-15-5-2-1-3-6-15/h1-10,12,20H,11,13-14H2,(H4,23,24,25). The van der Waals surface area contributed by atoms with Crippen molar-refractivity contribution in [1.29, 1.82) is 0 Å². The van der Waals surface area contributed by atoms with Gasteiger partial charge in [0.1, 0.15) is 24.0 Å². The second-order valence-electron chi connectivity index (χ2n) is 6.76. The van der Waals surface area contributed by atoms with Crippen LogP contribution in [0.2, 0.25) is 0 Å². The van der Waals surface area contributed by atoms with Crippen LogP contribution in [0.3, 0.4) is 0 Å². The Morgan fingerprint density at radius 2 is 1.79 bits per heavy atom. The lowest BCUT2D eigenvalue weighted by molar-refractivity contribution is 0.0860. The van der Waals surface area contributed by atoms with E-state index in [2.05, 4.69) is 16.2 Å². The Bertz CT molecular complexity index is 989. The summed E-state index contributed by atoms with van der Waals surface area (Å²) in [7, 11) is 0. The van der Waals surface area contributed by atoms with Crippen molar-refractivity contribution in [2.75, 3.05) is 11.5 Å². The van der Waals surface area contributed by atoms with Crippen LogP contribution >= 0.6 is 0 Å². The molecular weight excluding hydrogens is 352 g/mol. The van der Waals surface area contributed by atoms with E-state index in [0.29, 0.717) is 31.1 Å². The van der Waals surface area contributed by atoms with Crippen molar-refractivity contribution in [3.05, 3.63) is 83.4 Å². The van der Waals surface area contributed by atoms with Crippen LogP contribution in [0.25, 0.3) is 0 Å². The summed E-state index contributed by atoms with van der Waals surface area (Å²) in [6, 6.07) is 21.7. The number of aromatic nitrogens is 1. The molecule has 28 heavy (non-hydrogen) atoms. The molecule has 1 aromatic heterocycles. The molecule has 3 aromatic rings. The molecule has 4 N–H and O–H groups in total. The molecule has 2 heterocycles. The van der Waals surface area contributed by atoms with Crippen molar-refractivity contribution in [2.24, 2.45) is 5.16 Å². The molecule has 1 aliphatic heterocycles. The van der Waals surface area contributed by atoms with Crippen molar-refractivity contribution < 1.29 is 9.57 Å². The van der Waals surface area contributed by atoms with Gasteiger partial charge in [-0.1, -0.05) is 47.6 Å². The Balaban J connectivity index is 1.37. The second-order valence-corrected chi connectivity index (χ2v) is 6.76. The summed E-state index contributed by atoms with van der Waals surface area (Å²) in [6.07, 6.45) is 1.15. The number of ether oxygens (including phenoxy) is 1. The molecule has 0 saturated carbocycles. The Kier molecular flexibility index (Phi) is 5.10. The highest BCUT2D eigenvalue weighted by Crippen LogP contribution is 2.31. The first-order chi connectivity index (χ1) is 13.7.